The topological polar surface area (TPSA) is 8.17 Å². The van der Waals surface area contributed by atoms with Gasteiger partial charge < -0.3 is 9.47 Å². The summed E-state index contributed by atoms with van der Waals surface area (Å²) in [7, 11) is 0. The molecule has 1 heterocycles. The van der Waals surface area contributed by atoms with E-state index in [4.69, 9.17) is 0 Å². The van der Waals surface area contributed by atoms with Crippen LogP contribution in [0.2, 0.25) is 0 Å². The predicted octanol–water partition coefficient (Wildman–Crippen LogP) is 16.6. The van der Waals surface area contributed by atoms with E-state index in [-0.39, 0.29) is 0 Å². The molecule has 11 rings (SSSR count). The molecule has 0 saturated heterocycles. The normalized spacial score (nSPS) is 11.2. The van der Waals surface area contributed by atoms with Crippen LogP contribution in [-0.2, 0) is 0 Å². The minimum atomic E-state index is 1.08. The van der Waals surface area contributed by atoms with Crippen LogP contribution in [0.3, 0.4) is 0 Å². The number of fused-ring (bicyclic) bond motifs is 3. The molecule has 292 valence electrons. The zero-order chi connectivity index (χ0) is 41.2. The molecule has 2 heteroatoms. The van der Waals surface area contributed by atoms with Crippen molar-refractivity contribution in [3.63, 3.8) is 0 Å². The molecule has 2 nitrogen and oxygen atoms in total. The van der Waals surface area contributed by atoms with Crippen molar-refractivity contribution in [2.45, 2.75) is 0 Å². The fourth-order valence-corrected chi connectivity index (χ4v) is 9.02. The Bertz CT molecular complexity index is 3210. The number of para-hydroxylation sites is 2. The maximum absolute atomic E-state index is 2.49. The van der Waals surface area contributed by atoms with Gasteiger partial charge in [0, 0.05) is 39.0 Å². The lowest BCUT2D eigenvalue weighted by atomic mass is 10.00. The van der Waals surface area contributed by atoms with Crippen LogP contribution in [0.1, 0.15) is 0 Å². The SMILES string of the molecule is c1ccc(-c2ccc(N(c3ccc(-c4ccccc4)cc3)c3cccc(-c4ccccc4-n4c5ccc(-c6ccccc6)cc5c5cccc(-c6ccccc6)c54)c3)cc2)cc1. The molecule has 0 spiro atoms. The zero-order valence-electron chi connectivity index (χ0n) is 34.1. The Morgan fingerprint density at radius 1 is 0.258 bits per heavy atom. The van der Waals surface area contributed by atoms with Crippen molar-refractivity contribution < 1.29 is 0 Å². The summed E-state index contributed by atoms with van der Waals surface area (Å²) in [5.41, 5.74) is 18.6. The molecule has 0 aliphatic rings. The molecule has 0 fully saturated rings. The van der Waals surface area contributed by atoms with E-state index in [0.29, 0.717) is 0 Å². The second-order valence-electron chi connectivity index (χ2n) is 15.7. The van der Waals surface area contributed by atoms with Gasteiger partial charge in [0.2, 0.25) is 0 Å². The third kappa shape index (κ3) is 6.84. The molecule has 0 atom stereocenters. The average molecular weight is 791 g/mol. The fraction of sp³-hybridized carbons (Fsp3) is 0. The minimum absolute atomic E-state index is 1.08. The number of rotatable bonds is 9. The molecule has 0 N–H and O–H groups in total. The van der Waals surface area contributed by atoms with Crippen LogP contribution in [0.5, 0.6) is 0 Å². The van der Waals surface area contributed by atoms with Crippen LogP contribution in [0.25, 0.3) is 83.1 Å². The quantitative estimate of drug-likeness (QED) is 0.141. The Kier molecular flexibility index (Phi) is 9.57. The van der Waals surface area contributed by atoms with Gasteiger partial charge in [-0.1, -0.05) is 200 Å². The van der Waals surface area contributed by atoms with Crippen molar-refractivity contribution in [2.75, 3.05) is 4.90 Å². The number of nitrogens with zero attached hydrogens (tertiary/aromatic N) is 2. The summed E-state index contributed by atoms with van der Waals surface area (Å²) in [6, 6.07) is 92.0. The third-order valence-corrected chi connectivity index (χ3v) is 12.0. The fourth-order valence-electron chi connectivity index (χ4n) is 9.02. The highest BCUT2D eigenvalue weighted by atomic mass is 15.1. The van der Waals surface area contributed by atoms with E-state index in [2.05, 4.69) is 264 Å². The summed E-state index contributed by atoms with van der Waals surface area (Å²) in [6.45, 7) is 0. The molecular formula is C60H42N2. The first kappa shape index (κ1) is 36.8. The highest BCUT2D eigenvalue weighted by Crippen LogP contribution is 2.43. The number of anilines is 3. The van der Waals surface area contributed by atoms with Crippen LogP contribution in [0.4, 0.5) is 17.1 Å². The van der Waals surface area contributed by atoms with Gasteiger partial charge in [0.25, 0.3) is 0 Å². The lowest BCUT2D eigenvalue weighted by Crippen LogP contribution is -2.10. The van der Waals surface area contributed by atoms with Gasteiger partial charge in [-0.15, -0.1) is 0 Å². The van der Waals surface area contributed by atoms with Crippen molar-refractivity contribution in [1.82, 2.24) is 4.57 Å². The van der Waals surface area contributed by atoms with Crippen molar-refractivity contribution >= 4 is 38.9 Å². The highest BCUT2D eigenvalue weighted by Gasteiger charge is 2.21. The standard InChI is InChI=1S/C60H42N2/c1-5-17-43(18-6-1)46-31-36-51(37-32-46)61(52-38-33-47(34-39-52)44-19-7-2-8-20-44)53-26-15-25-50(41-53)54-27-13-14-30-58(54)62-59-40-35-49(45-21-9-3-10-22-45)42-57(59)56-29-16-28-55(60(56)62)48-23-11-4-12-24-48/h1-42H. The van der Waals surface area contributed by atoms with Crippen LogP contribution in [-0.4, -0.2) is 4.57 Å². The van der Waals surface area contributed by atoms with E-state index >= 15 is 0 Å². The van der Waals surface area contributed by atoms with E-state index in [1.165, 1.54) is 66.3 Å². The lowest BCUT2D eigenvalue weighted by molar-refractivity contribution is 1.18. The van der Waals surface area contributed by atoms with Gasteiger partial charge in [-0.25, -0.2) is 0 Å². The molecule has 0 aliphatic carbocycles. The second kappa shape index (κ2) is 16.1. The van der Waals surface area contributed by atoms with E-state index in [0.717, 1.165) is 33.9 Å². The third-order valence-electron chi connectivity index (χ3n) is 12.0. The van der Waals surface area contributed by atoms with Gasteiger partial charge in [0.05, 0.1) is 16.7 Å². The molecule has 62 heavy (non-hydrogen) atoms. The van der Waals surface area contributed by atoms with Gasteiger partial charge in [0.15, 0.2) is 0 Å². The van der Waals surface area contributed by atoms with Crippen LogP contribution < -0.4 is 4.90 Å². The highest BCUT2D eigenvalue weighted by molar-refractivity contribution is 6.15. The van der Waals surface area contributed by atoms with Crippen molar-refractivity contribution in [3.8, 4) is 61.3 Å². The minimum Gasteiger partial charge on any atom is -0.310 e. The zero-order valence-corrected chi connectivity index (χ0v) is 34.1. The van der Waals surface area contributed by atoms with Gasteiger partial charge in [-0.2, -0.15) is 0 Å². The van der Waals surface area contributed by atoms with E-state index in [1.54, 1.807) is 0 Å². The van der Waals surface area contributed by atoms with Gasteiger partial charge in [-0.3, -0.25) is 0 Å². The molecule has 0 bridgehead atoms. The molecular weight excluding hydrogens is 749 g/mol. The second-order valence-corrected chi connectivity index (χ2v) is 15.7. The summed E-state index contributed by atoms with van der Waals surface area (Å²) in [4.78, 5) is 2.37. The Morgan fingerprint density at radius 2 is 0.710 bits per heavy atom. The summed E-state index contributed by atoms with van der Waals surface area (Å²) in [5.74, 6) is 0. The molecule has 0 radical (unpaired) electrons. The lowest BCUT2D eigenvalue weighted by Gasteiger charge is -2.27. The summed E-state index contributed by atoms with van der Waals surface area (Å²) < 4.78 is 2.49. The van der Waals surface area contributed by atoms with E-state index in [9.17, 15) is 0 Å². The summed E-state index contributed by atoms with van der Waals surface area (Å²) in [5, 5.41) is 2.46. The van der Waals surface area contributed by atoms with Gasteiger partial charge >= 0.3 is 0 Å². The number of aromatic nitrogens is 1. The number of benzene rings is 10. The van der Waals surface area contributed by atoms with Crippen molar-refractivity contribution in [3.05, 3.63) is 255 Å². The maximum atomic E-state index is 2.49. The van der Waals surface area contributed by atoms with Crippen LogP contribution >= 0.6 is 0 Å². The smallest absolute Gasteiger partial charge is 0.0619 e. The molecule has 10 aromatic carbocycles. The van der Waals surface area contributed by atoms with Gasteiger partial charge in [0.1, 0.15) is 0 Å². The Balaban J connectivity index is 1.08. The molecule has 0 saturated carbocycles. The Morgan fingerprint density at radius 3 is 1.31 bits per heavy atom. The van der Waals surface area contributed by atoms with E-state index < -0.39 is 0 Å². The first-order chi connectivity index (χ1) is 30.8. The van der Waals surface area contributed by atoms with Crippen LogP contribution in [0.15, 0.2) is 255 Å². The predicted molar refractivity (Wildman–Crippen MR) is 263 cm³/mol. The first-order valence-corrected chi connectivity index (χ1v) is 21.3. The summed E-state index contributed by atoms with van der Waals surface area (Å²) in [6.07, 6.45) is 0. The maximum Gasteiger partial charge on any atom is 0.0619 e. The van der Waals surface area contributed by atoms with Crippen molar-refractivity contribution in [1.29, 1.82) is 0 Å². The van der Waals surface area contributed by atoms with E-state index in [1.807, 2.05) is 0 Å². The summed E-state index contributed by atoms with van der Waals surface area (Å²) >= 11 is 0. The molecule has 0 amide bonds. The van der Waals surface area contributed by atoms with Gasteiger partial charge in [-0.05, 0) is 99.1 Å². The Labute approximate surface area is 362 Å². The molecule has 1 aromatic heterocycles. The largest absolute Gasteiger partial charge is 0.310 e. The van der Waals surface area contributed by atoms with Crippen LogP contribution in [0, 0.1) is 0 Å². The number of hydrogen-bond acceptors (Lipinski definition) is 1. The molecule has 11 aromatic rings. The number of hydrogen-bond donors (Lipinski definition) is 0. The molecule has 0 unspecified atom stereocenters. The monoisotopic (exact) mass is 790 g/mol. The Hall–Kier alpha value is -8.20. The molecule has 0 aliphatic heterocycles. The average Bonchev–Trinajstić information content (AvgIpc) is 3.69. The first-order valence-electron chi connectivity index (χ1n) is 21.3. The van der Waals surface area contributed by atoms with Crippen molar-refractivity contribution in [2.24, 2.45) is 0 Å².